The van der Waals surface area contributed by atoms with Crippen molar-refractivity contribution in [2.24, 2.45) is 0 Å². The minimum absolute atomic E-state index is 0.119. The summed E-state index contributed by atoms with van der Waals surface area (Å²) in [6.07, 6.45) is 5.32. The quantitative estimate of drug-likeness (QED) is 0.729. The van der Waals surface area contributed by atoms with E-state index in [1.807, 2.05) is 36.4 Å². The third-order valence-corrected chi connectivity index (χ3v) is 4.75. The van der Waals surface area contributed by atoms with Crippen molar-refractivity contribution in [1.82, 2.24) is 19.9 Å². The zero-order valence-electron chi connectivity index (χ0n) is 15.0. The Morgan fingerprint density at radius 2 is 2.00 bits per heavy atom. The Labute approximate surface area is 152 Å². The summed E-state index contributed by atoms with van der Waals surface area (Å²) in [7, 11) is 3.61. The molecule has 1 aliphatic rings. The average Bonchev–Trinajstić information content (AvgIpc) is 3.16. The van der Waals surface area contributed by atoms with E-state index in [0.29, 0.717) is 5.82 Å². The molecule has 1 aromatic carbocycles. The van der Waals surface area contributed by atoms with Gasteiger partial charge in [-0.25, -0.2) is 9.97 Å². The number of carbonyl (C=O) groups is 1. The highest BCUT2D eigenvalue weighted by Gasteiger charge is 2.33. The second-order valence-corrected chi connectivity index (χ2v) is 6.71. The van der Waals surface area contributed by atoms with E-state index in [1.165, 1.54) is 0 Å². The van der Waals surface area contributed by atoms with Crippen LogP contribution in [0, 0.1) is 0 Å². The van der Waals surface area contributed by atoms with Gasteiger partial charge in [0.05, 0.1) is 5.52 Å². The van der Waals surface area contributed by atoms with Gasteiger partial charge in [-0.05, 0) is 37.1 Å². The van der Waals surface area contributed by atoms with Gasteiger partial charge >= 0.3 is 0 Å². The number of nitrogens with zero attached hydrogens (tertiary/aromatic N) is 5. The largest absolute Gasteiger partial charge is 0.347 e. The van der Waals surface area contributed by atoms with E-state index >= 15 is 0 Å². The van der Waals surface area contributed by atoms with E-state index in [9.17, 15) is 4.79 Å². The molecule has 0 saturated carbocycles. The molecular weight excluding hydrogens is 326 g/mol. The van der Waals surface area contributed by atoms with E-state index in [0.717, 1.165) is 41.7 Å². The summed E-state index contributed by atoms with van der Waals surface area (Å²) in [6.45, 7) is 0.817. The Balaban J connectivity index is 1.87. The minimum Gasteiger partial charge on any atom is -0.347 e. The fourth-order valence-electron chi connectivity index (χ4n) is 3.48. The van der Waals surface area contributed by atoms with Crippen molar-refractivity contribution in [3.63, 3.8) is 0 Å². The molecule has 0 N–H and O–H groups in total. The Kier molecular flexibility index (Phi) is 4.24. The van der Waals surface area contributed by atoms with Crippen LogP contribution in [0.4, 0.5) is 5.82 Å². The molecule has 132 valence electrons. The number of amides is 1. The number of pyridine rings is 1. The lowest BCUT2D eigenvalue weighted by Crippen LogP contribution is -2.43. The number of para-hydroxylation sites is 1. The van der Waals surface area contributed by atoms with Gasteiger partial charge < -0.3 is 9.80 Å². The van der Waals surface area contributed by atoms with Crippen molar-refractivity contribution in [2.45, 2.75) is 18.9 Å². The van der Waals surface area contributed by atoms with Crippen LogP contribution < -0.4 is 4.90 Å². The van der Waals surface area contributed by atoms with Gasteiger partial charge in [0.15, 0.2) is 5.82 Å². The van der Waals surface area contributed by atoms with E-state index < -0.39 is 0 Å². The van der Waals surface area contributed by atoms with Crippen LogP contribution in [0.3, 0.4) is 0 Å². The molecule has 26 heavy (non-hydrogen) atoms. The topological polar surface area (TPSA) is 62.2 Å². The molecule has 1 atom stereocenters. The Morgan fingerprint density at radius 3 is 2.77 bits per heavy atom. The highest BCUT2D eigenvalue weighted by molar-refractivity contribution is 5.94. The molecule has 1 amide bonds. The van der Waals surface area contributed by atoms with Crippen LogP contribution in [0.15, 0.2) is 48.8 Å². The lowest BCUT2D eigenvalue weighted by Gasteiger charge is -2.28. The van der Waals surface area contributed by atoms with Gasteiger partial charge in [-0.15, -0.1) is 0 Å². The lowest BCUT2D eigenvalue weighted by molar-refractivity contribution is -0.129. The number of fused-ring (bicyclic) bond motifs is 1. The van der Waals surface area contributed by atoms with Crippen LogP contribution in [0.2, 0.25) is 0 Å². The number of benzene rings is 1. The van der Waals surface area contributed by atoms with Crippen molar-refractivity contribution in [1.29, 1.82) is 0 Å². The van der Waals surface area contributed by atoms with Gasteiger partial charge in [-0.2, -0.15) is 0 Å². The van der Waals surface area contributed by atoms with E-state index in [4.69, 9.17) is 9.97 Å². The molecule has 1 aliphatic heterocycles. The first-order valence-corrected chi connectivity index (χ1v) is 8.80. The van der Waals surface area contributed by atoms with Gasteiger partial charge in [0.1, 0.15) is 11.9 Å². The molecule has 6 heteroatoms. The third kappa shape index (κ3) is 2.87. The summed E-state index contributed by atoms with van der Waals surface area (Å²) in [5.41, 5.74) is 1.74. The summed E-state index contributed by atoms with van der Waals surface area (Å²) >= 11 is 0. The summed E-state index contributed by atoms with van der Waals surface area (Å²) in [6, 6.07) is 11.6. The normalized spacial score (nSPS) is 16.8. The molecule has 1 saturated heterocycles. The van der Waals surface area contributed by atoms with Crippen LogP contribution in [0.5, 0.6) is 0 Å². The van der Waals surface area contributed by atoms with Crippen molar-refractivity contribution < 1.29 is 4.79 Å². The highest BCUT2D eigenvalue weighted by Crippen LogP contribution is 2.32. The van der Waals surface area contributed by atoms with Gasteiger partial charge in [0.2, 0.25) is 5.91 Å². The van der Waals surface area contributed by atoms with E-state index in [-0.39, 0.29) is 11.9 Å². The summed E-state index contributed by atoms with van der Waals surface area (Å²) < 4.78 is 0. The van der Waals surface area contributed by atoms with Gasteiger partial charge in [0, 0.05) is 44.0 Å². The molecular formula is C20H21N5O. The number of hydrogen-bond donors (Lipinski definition) is 0. The highest BCUT2D eigenvalue weighted by atomic mass is 16.2. The zero-order valence-corrected chi connectivity index (χ0v) is 15.0. The van der Waals surface area contributed by atoms with Gasteiger partial charge in [-0.1, -0.05) is 12.1 Å². The summed E-state index contributed by atoms with van der Waals surface area (Å²) in [5, 5.41) is 0.971. The predicted molar refractivity (Wildman–Crippen MR) is 102 cm³/mol. The Bertz CT molecular complexity index is 941. The molecule has 0 aliphatic carbocycles. The molecule has 1 fully saturated rings. The molecule has 0 bridgehead atoms. The molecule has 0 spiro atoms. The van der Waals surface area contributed by atoms with E-state index in [1.54, 1.807) is 31.4 Å². The molecule has 0 radical (unpaired) electrons. The summed E-state index contributed by atoms with van der Waals surface area (Å²) in [5.74, 6) is 1.58. The van der Waals surface area contributed by atoms with Crippen molar-refractivity contribution in [2.75, 3.05) is 25.5 Å². The first kappa shape index (κ1) is 16.4. The van der Waals surface area contributed by atoms with Crippen molar-refractivity contribution >= 4 is 22.6 Å². The third-order valence-electron chi connectivity index (χ3n) is 4.75. The number of anilines is 1. The maximum Gasteiger partial charge on any atom is 0.244 e. The van der Waals surface area contributed by atoms with Crippen LogP contribution in [-0.2, 0) is 4.79 Å². The fraction of sp³-hybridized carbons (Fsp3) is 0.300. The van der Waals surface area contributed by atoms with Crippen molar-refractivity contribution in [3.05, 3.63) is 48.8 Å². The number of likely N-dealkylation sites (N-methyl/N-ethyl adjacent to an activating group) is 1. The monoisotopic (exact) mass is 347 g/mol. The first-order valence-electron chi connectivity index (χ1n) is 8.80. The Morgan fingerprint density at radius 1 is 1.15 bits per heavy atom. The number of aromatic nitrogens is 3. The standard InChI is InChI=1S/C20H21N5O/c1-24(2)20(26)17-10-6-12-25(17)19-15-8-3-4-9-16(15)22-18(23-19)14-7-5-11-21-13-14/h3-5,7-9,11,13,17H,6,10,12H2,1-2H3. The van der Waals surface area contributed by atoms with Crippen LogP contribution in [0.25, 0.3) is 22.3 Å². The maximum absolute atomic E-state index is 12.7. The lowest BCUT2D eigenvalue weighted by atomic mass is 10.1. The predicted octanol–water partition coefficient (Wildman–Crippen LogP) is 2.75. The smallest absolute Gasteiger partial charge is 0.244 e. The average molecular weight is 347 g/mol. The van der Waals surface area contributed by atoms with Crippen molar-refractivity contribution in [3.8, 4) is 11.4 Å². The number of rotatable bonds is 3. The SMILES string of the molecule is CN(C)C(=O)C1CCCN1c1nc(-c2cccnc2)nc2ccccc12. The molecule has 3 aromatic rings. The van der Waals surface area contributed by atoms with Crippen LogP contribution in [-0.4, -0.2) is 52.4 Å². The second-order valence-electron chi connectivity index (χ2n) is 6.71. The fourth-order valence-corrected chi connectivity index (χ4v) is 3.48. The van der Waals surface area contributed by atoms with E-state index in [2.05, 4.69) is 9.88 Å². The molecule has 6 nitrogen and oxygen atoms in total. The van der Waals surface area contributed by atoms with Crippen LogP contribution >= 0.6 is 0 Å². The summed E-state index contributed by atoms with van der Waals surface area (Å²) in [4.78, 5) is 30.2. The number of hydrogen-bond acceptors (Lipinski definition) is 5. The van der Waals surface area contributed by atoms with Gasteiger partial charge in [-0.3, -0.25) is 9.78 Å². The minimum atomic E-state index is -0.176. The molecule has 4 rings (SSSR count). The number of carbonyl (C=O) groups excluding carboxylic acids is 1. The second kappa shape index (κ2) is 6.71. The molecule has 2 aromatic heterocycles. The molecule has 3 heterocycles. The zero-order chi connectivity index (χ0) is 18.1. The Hall–Kier alpha value is -3.02. The van der Waals surface area contributed by atoms with Crippen LogP contribution in [0.1, 0.15) is 12.8 Å². The maximum atomic E-state index is 12.7. The first-order chi connectivity index (χ1) is 12.6. The molecule has 1 unspecified atom stereocenters. The van der Waals surface area contributed by atoms with Gasteiger partial charge in [0.25, 0.3) is 0 Å².